The lowest BCUT2D eigenvalue weighted by Crippen LogP contribution is -2.20. The molecule has 0 saturated heterocycles. The van der Waals surface area contributed by atoms with Gasteiger partial charge in [-0.05, 0) is 112 Å². The minimum absolute atomic E-state index is 0.870. The lowest BCUT2D eigenvalue weighted by molar-refractivity contribution is 0.425. The van der Waals surface area contributed by atoms with Crippen molar-refractivity contribution in [2.45, 2.75) is 0 Å². The fraction of sp³-hybridized carbons (Fsp3) is 0.235. The van der Waals surface area contributed by atoms with Gasteiger partial charge in [0, 0.05) is 48.7 Å². The van der Waals surface area contributed by atoms with E-state index in [0.29, 0.717) is 0 Å². The monoisotopic (exact) mass is 558 g/mol. The van der Waals surface area contributed by atoms with Gasteiger partial charge in [-0.15, -0.1) is 0 Å². The molecule has 0 bridgehead atoms. The number of nitrogens with zero attached hydrogens (tertiary/aromatic N) is 4. The van der Waals surface area contributed by atoms with Crippen molar-refractivity contribution >= 4 is 33.4 Å². The van der Waals surface area contributed by atoms with Gasteiger partial charge in [0.15, 0.2) is 0 Å². The van der Waals surface area contributed by atoms with Crippen molar-refractivity contribution in [3.63, 3.8) is 0 Å². The van der Waals surface area contributed by atoms with Crippen LogP contribution in [-0.2, 0) is 0 Å². The van der Waals surface area contributed by atoms with Gasteiger partial charge in [-0.3, -0.25) is 0 Å². The normalized spacial score (nSPS) is 11.7. The highest BCUT2D eigenvalue weighted by Crippen LogP contribution is 2.30. The summed E-state index contributed by atoms with van der Waals surface area (Å²) in [5.74, 6) is 1.74. The molecule has 8 nitrogen and oxygen atoms in total. The Kier molecular flexibility index (Phi) is 7.90. The number of hydrogen-bond acceptors (Lipinski definition) is 6. The summed E-state index contributed by atoms with van der Waals surface area (Å²) in [5.41, 5.74) is 10.5. The van der Waals surface area contributed by atoms with Gasteiger partial charge in [-0.2, -0.15) is 0 Å². The molecule has 4 aromatic carbocycles. The predicted molar refractivity (Wildman–Crippen MR) is 176 cm³/mol. The quantitative estimate of drug-likeness (QED) is 0.147. The summed E-state index contributed by atoms with van der Waals surface area (Å²) in [5, 5.41) is 6.92. The second kappa shape index (κ2) is 12.1. The molecule has 0 amide bonds. The molecule has 0 spiro atoms. The van der Waals surface area contributed by atoms with Crippen LogP contribution >= 0.6 is 0 Å². The maximum atomic E-state index is 4.84. The molecule has 0 saturated carbocycles. The van der Waals surface area contributed by atoms with Crippen LogP contribution in [0.1, 0.15) is 0 Å². The van der Waals surface area contributed by atoms with Crippen LogP contribution in [0.25, 0.3) is 56.0 Å². The average molecular weight is 559 g/mol. The highest BCUT2D eigenvalue weighted by atomic mass is 15.1. The lowest BCUT2D eigenvalue weighted by atomic mass is 10.0. The molecule has 6 rings (SSSR count). The van der Waals surface area contributed by atoms with Crippen molar-refractivity contribution in [1.29, 1.82) is 0 Å². The topological polar surface area (TPSA) is 87.9 Å². The molecule has 0 aliphatic rings. The zero-order chi connectivity index (χ0) is 29.1. The molecule has 0 atom stereocenters. The molecule has 0 fully saturated rings. The number of aromatic nitrogens is 4. The zero-order valence-corrected chi connectivity index (χ0v) is 24.7. The Hall–Kier alpha value is -4.66. The van der Waals surface area contributed by atoms with E-state index in [1.54, 1.807) is 0 Å². The largest absolute Gasteiger partial charge is 0.384 e. The van der Waals surface area contributed by atoms with Crippen LogP contribution < -0.4 is 10.6 Å². The maximum Gasteiger partial charge on any atom is 0.138 e. The highest BCUT2D eigenvalue weighted by Gasteiger charge is 2.10. The zero-order valence-electron chi connectivity index (χ0n) is 24.7. The molecule has 214 valence electrons. The number of H-pyrrole nitrogens is 2. The average Bonchev–Trinajstić information content (AvgIpc) is 3.61. The first kappa shape index (κ1) is 27.5. The van der Waals surface area contributed by atoms with Gasteiger partial charge in [0.1, 0.15) is 11.6 Å². The molecule has 42 heavy (non-hydrogen) atoms. The van der Waals surface area contributed by atoms with E-state index >= 15 is 0 Å². The number of benzene rings is 4. The summed E-state index contributed by atoms with van der Waals surface area (Å²) in [7, 11) is 8.32. The summed E-state index contributed by atoms with van der Waals surface area (Å²) in [6, 6.07) is 29.6. The van der Waals surface area contributed by atoms with Gasteiger partial charge in [-0.1, -0.05) is 12.1 Å². The van der Waals surface area contributed by atoms with Crippen LogP contribution in [0.3, 0.4) is 0 Å². The molecule has 4 N–H and O–H groups in total. The number of aromatic amines is 2. The van der Waals surface area contributed by atoms with E-state index in [1.807, 2.05) is 0 Å². The van der Waals surface area contributed by atoms with Crippen LogP contribution in [0.2, 0.25) is 0 Å². The summed E-state index contributed by atoms with van der Waals surface area (Å²) in [6.07, 6.45) is 0. The molecule has 0 aliphatic carbocycles. The van der Waals surface area contributed by atoms with Crippen LogP contribution in [0, 0.1) is 0 Å². The van der Waals surface area contributed by atoms with Crippen molar-refractivity contribution in [3.8, 4) is 33.9 Å². The van der Waals surface area contributed by atoms with Gasteiger partial charge in [0.25, 0.3) is 0 Å². The Morgan fingerprint density at radius 3 is 1.29 bits per heavy atom. The standard InChI is InChI=1S/C34H38N8/c1-41(2)19-17-35-27-11-5-23(6-12-27)33-37-29-15-9-25(21-31(29)39-33)26-10-16-30-32(22-26)40-34(38-30)24-7-13-28(14-8-24)36-18-20-42(3)4/h5-16,21-22,35-36H,17-20H2,1-4H3,(H,37,39)(H,38,40). The van der Waals surface area contributed by atoms with Crippen molar-refractivity contribution in [2.24, 2.45) is 0 Å². The van der Waals surface area contributed by atoms with Gasteiger partial charge in [0.2, 0.25) is 0 Å². The Bertz CT molecular complexity index is 1650. The Balaban J connectivity index is 1.18. The summed E-state index contributed by atoms with van der Waals surface area (Å²) < 4.78 is 0. The third kappa shape index (κ3) is 6.30. The predicted octanol–water partition coefficient (Wildman–Crippen LogP) is 6.39. The molecule has 2 heterocycles. The van der Waals surface area contributed by atoms with Gasteiger partial charge < -0.3 is 30.4 Å². The molecule has 0 radical (unpaired) electrons. The van der Waals surface area contributed by atoms with Crippen LogP contribution in [0.15, 0.2) is 84.9 Å². The first-order valence-corrected chi connectivity index (χ1v) is 14.4. The van der Waals surface area contributed by atoms with Crippen molar-refractivity contribution in [2.75, 3.05) is 65.0 Å². The SMILES string of the molecule is CN(C)CCNc1ccc(-c2nc3ccc(-c4ccc5nc(-c6ccc(NCCN(C)C)cc6)[nH]c5c4)cc3[nH]2)cc1. The second-order valence-electron chi connectivity index (χ2n) is 11.2. The van der Waals surface area contributed by atoms with Crippen LogP contribution in [0.4, 0.5) is 11.4 Å². The first-order valence-electron chi connectivity index (χ1n) is 14.4. The molecule has 2 aromatic heterocycles. The number of rotatable bonds is 11. The molecular formula is C34H38N8. The van der Waals surface area contributed by atoms with Crippen molar-refractivity contribution in [3.05, 3.63) is 84.9 Å². The molecule has 6 aromatic rings. The van der Waals surface area contributed by atoms with E-state index in [2.05, 4.69) is 144 Å². The Labute approximate surface area is 246 Å². The fourth-order valence-electron chi connectivity index (χ4n) is 4.99. The number of nitrogens with one attached hydrogen (secondary N) is 4. The number of hydrogen-bond donors (Lipinski definition) is 4. The van der Waals surface area contributed by atoms with Crippen molar-refractivity contribution < 1.29 is 0 Å². The van der Waals surface area contributed by atoms with E-state index in [4.69, 9.17) is 9.97 Å². The van der Waals surface area contributed by atoms with E-state index in [-0.39, 0.29) is 0 Å². The van der Waals surface area contributed by atoms with Gasteiger partial charge >= 0.3 is 0 Å². The van der Waals surface area contributed by atoms with Gasteiger partial charge in [0.05, 0.1) is 22.1 Å². The van der Waals surface area contributed by atoms with Crippen LogP contribution in [-0.4, -0.2) is 84.1 Å². The van der Waals surface area contributed by atoms with E-state index < -0.39 is 0 Å². The molecular weight excluding hydrogens is 520 g/mol. The molecule has 0 unspecified atom stereocenters. The van der Waals surface area contributed by atoms with E-state index in [0.717, 1.165) is 93.5 Å². The fourth-order valence-corrected chi connectivity index (χ4v) is 4.99. The number of likely N-dealkylation sites (N-methyl/N-ethyl adjacent to an activating group) is 2. The number of imidazole rings is 2. The summed E-state index contributed by atoms with van der Waals surface area (Å²) in [4.78, 5) is 21.1. The maximum absolute atomic E-state index is 4.84. The second-order valence-corrected chi connectivity index (χ2v) is 11.2. The lowest BCUT2D eigenvalue weighted by Gasteiger charge is -2.11. The minimum Gasteiger partial charge on any atom is -0.384 e. The van der Waals surface area contributed by atoms with E-state index in [9.17, 15) is 0 Å². The number of fused-ring (bicyclic) bond motifs is 2. The third-order valence-corrected chi connectivity index (χ3v) is 7.39. The minimum atomic E-state index is 0.870. The summed E-state index contributed by atoms with van der Waals surface area (Å²) in [6.45, 7) is 3.80. The molecule has 0 aliphatic heterocycles. The van der Waals surface area contributed by atoms with E-state index in [1.165, 1.54) is 0 Å². The molecule has 8 heteroatoms. The van der Waals surface area contributed by atoms with Crippen LogP contribution in [0.5, 0.6) is 0 Å². The number of anilines is 2. The smallest absolute Gasteiger partial charge is 0.138 e. The Morgan fingerprint density at radius 1 is 0.524 bits per heavy atom. The first-order chi connectivity index (χ1) is 20.4. The highest BCUT2D eigenvalue weighted by molar-refractivity contribution is 5.88. The summed E-state index contributed by atoms with van der Waals surface area (Å²) >= 11 is 0. The third-order valence-electron chi connectivity index (χ3n) is 7.39. The van der Waals surface area contributed by atoms with Gasteiger partial charge in [-0.25, -0.2) is 9.97 Å². The van der Waals surface area contributed by atoms with Crippen molar-refractivity contribution in [1.82, 2.24) is 29.7 Å². The Morgan fingerprint density at radius 2 is 0.905 bits per heavy atom.